The molecular formula is C19H17ClN2O3. The highest BCUT2D eigenvalue weighted by molar-refractivity contribution is 6.30. The summed E-state index contributed by atoms with van der Waals surface area (Å²) in [5, 5.41) is 15.5. The van der Waals surface area contributed by atoms with Gasteiger partial charge in [0.25, 0.3) is 5.69 Å². The van der Waals surface area contributed by atoms with Gasteiger partial charge in [0.2, 0.25) is 0 Å². The van der Waals surface area contributed by atoms with Crippen molar-refractivity contribution in [2.45, 2.75) is 18.4 Å². The number of nitro benzene ring substituents is 1. The molecule has 2 aliphatic rings. The molecule has 1 aliphatic heterocycles. The molecule has 0 spiro atoms. The first-order valence-corrected chi connectivity index (χ1v) is 8.51. The standard InChI is InChI=1S/C19H17ClN2O3/c1-25-17-10-13(22(23)24)9-16-14-6-3-7-15(14)18(21-19(16)17)11-4-2-5-12(20)8-11/h2-6,8-10,14-15,18,21H,7H2,1H3/t14-,15+,18-/m1/s1. The zero-order valence-corrected chi connectivity index (χ0v) is 14.4. The van der Waals surface area contributed by atoms with E-state index in [4.69, 9.17) is 16.3 Å². The molecule has 5 nitrogen and oxygen atoms in total. The molecule has 0 saturated carbocycles. The Morgan fingerprint density at radius 3 is 2.88 bits per heavy atom. The first-order chi connectivity index (χ1) is 12.1. The number of non-ortho nitro benzene ring substituents is 1. The first-order valence-electron chi connectivity index (χ1n) is 8.13. The van der Waals surface area contributed by atoms with E-state index in [-0.39, 0.29) is 28.5 Å². The van der Waals surface area contributed by atoms with Gasteiger partial charge in [-0.05, 0) is 35.6 Å². The van der Waals surface area contributed by atoms with Gasteiger partial charge < -0.3 is 10.1 Å². The number of nitrogens with one attached hydrogen (secondary N) is 1. The van der Waals surface area contributed by atoms with Crippen LogP contribution in [0.2, 0.25) is 5.02 Å². The van der Waals surface area contributed by atoms with Crippen LogP contribution in [-0.2, 0) is 0 Å². The highest BCUT2D eigenvalue weighted by atomic mass is 35.5. The molecule has 0 saturated heterocycles. The molecule has 0 fully saturated rings. The fourth-order valence-corrected chi connectivity index (χ4v) is 4.15. The first kappa shape index (κ1) is 16.0. The number of rotatable bonds is 3. The number of hydrogen-bond acceptors (Lipinski definition) is 4. The Morgan fingerprint density at radius 1 is 1.32 bits per heavy atom. The van der Waals surface area contributed by atoms with Crippen LogP contribution in [0.4, 0.5) is 11.4 Å². The number of halogens is 1. The van der Waals surface area contributed by atoms with Gasteiger partial charge in [-0.3, -0.25) is 10.1 Å². The molecule has 0 amide bonds. The zero-order valence-electron chi connectivity index (χ0n) is 13.6. The summed E-state index contributed by atoms with van der Waals surface area (Å²) in [6.07, 6.45) is 5.21. The quantitative estimate of drug-likeness (QED) is 0.473. The molecule has 2 aromatic carbocycles. The Balaban J connectivity index is 1.85. The maximum Gasteiger partial charge on any atom is 0.273 e. The predicted octanol–water partition coefficient (Wildman–Crippen LogP) is 5.08. The highest BCUT2D eigenvalue weighted by Gasteiger charge is 2.40. The van der Waals surface area contributed by atoms with Crippen molar-refractivity contribution in [1.82, 2.24) is 0 Å². The lowest BCUT2D eigenvalue weighted by molar-refractivity contribution is -0.385. The lowest BCUT2D eigenvalue weighted by atomic mass is 9.76. The molecule has 0 unspecified atom stereocenters. The second-order valence-electron chi connectivity index (χ2n) is 6.40. The van der Waals surface area contributed by atoms with E-state index in [0.717, 1.165) is 23.2 Å². The van der Waals surface area contributed by atoms with Crippen LogP contribution in [0.1, 0.15) is 29.5 Å². The van der Waals surface area contributed by atoms with Gasteiger partial charge in [0.05, 0.1) is 29.8 Å². The summed E-state index contributed by atoms with van der Waals surface area (Å²) in [6.45, 7) is 0. The number of nitrogens with zero attached hydrogens (tertiary/aromatic N) is 1. The van der Waals surface area contributed by atoms with E-state index < -0.39 is 0 Å². The van der Waals surface area contributed by atoms with Gasteiger partial charge in [-0.1, -0.05) is 35.9 Å². The number of hydrogen-bond donors (Lipinski definition) is 1. The van der Waals surface area contributed by atoms with E-state index in [1.54, 1.807) is 6.07 Å². The average Bonchev–Trinajstić information content (AvgIpc) is 3.10. The summed E-state index contributed by atoms with van der Waals surface area (Å²) in [5.74, 6) is 0.904. The SMILES string of the molecule is COc1cc([N+](=O)[O-])cc2c1N[C@H](c1cccc(Cl)c1)[C@H]1CC=C[C@@H]21. The lowest BCUT2D eigenvalue weighted by Crippen LogP contribution is -2.29. The summed E-state index contributed by atoms with van der Waals surface area (Å²) < 4.78 is 5.44. The largest absolute Gasteiger partial charge is 0.494 e. The van der Waals surface area contributed by atoms with Crippen molar-refractivity contribution in [3.8, 4) is 5.75 Å². The third kappa shape index (κ3) is 2.65. The number of nitro groups is 1. The third-order valence-electron chi connectivity index (χ3n) is 5.06. The van der Waals surface area contributed by atoms with Crippen molar-refractivity contribution in [3.05, 3.63) is 74.8 Å². The van der Waals surface area contributed by atoms with Crippen molar-refractivity contribution >= 4 is 23.0 Å². The zero-order chi connectivity index (χ0) is 17.6. The average molecular weight is 357 g/mol. The van der Waals surface area contributed by atoms with Crippen molar-refractivity contribution in [2.75, 3.05) is 12.4 Å². The van der Waals surface area contributed by atoms with Crippen LogP contribution in [0.15, 0.2) is 48.6 Å². The molecule has 0 aromatic heterocycles. The Hall–Kier alpha value is -2.53. The van der Waals surface area contributed by atoms with Crippen LogP contribution < -0.4 is 10.1 Å². The minimum absolute atomic E-state index is 0.0534. The smallest absolute Gasteiger partial charge is 0.273 e. The normalized spacial score (nSPS) is 23.5. The molecule has 6 heteroatoms. The van der Waals surface area contributed by atoms with Gasteiger partial charge in [0.15, 0.2) is 0 Å². The Labute approximate surface area is 150 Å². The molecule has 2 aromatic rings. The van der Waals surface area contributed by atoms with E-state index in [2.05, 4.69) is 23.5 Å². The number of anilines is 1. The number of allylic oxidation sites excluding steroid dienone is 2. The number of fused-ring (bicyclic) bond motifs is 3. The minimum Gasteiger partial charge on any atom is -0.494 e. The molecule has 0 radical (unpaired) electrons. The van der Waals surface area contributed by atoms with E-state index in [1.807, 2.05) is 18.2 Å². The van der Waals surface area contributed by atoms with Crippen molar-refractivity contribution in [2.24, 2.45) is 5.92 Å². The molecular weight excluding hydrogens is 340 g/mol. The molecule has 1 aliphatic carbocycles. The highest BCUT2D eigenvalue weighted by Crippen LogP contribution is 2.53. The fourth-order valence-electron chi connectivity index (χ4n) is 3.95. The molecule has 1 heterocycles. The summed E-state index contributed by atoms with van der Waals surface area (Å²) in [4.78, 5) is 10.9. The Morgan fingerprint density at radius 2 is 2.16 bits per heavy atom. The van der Waals surface area contributed by atoms with Crippen LogP contribution in [0, 0.1) is 16.0 Å². The van der Waals surface area contributed by atoms with Gasteiger partial charge in [0.1, 0.15) is 5.75 Å². The minimum atomic E-state index is -0.375. The summed E-state index contributed by atoms with van der Waals surface area (Å²) in [7, 11) is 1.53. The van der Waals surface area contributed by atoms with E-state index in [1.165, 1.54) is 13.2 Å². The molecule has 0 bridgehead atoms. The number of ether oxygens (including phenoxy) is 1. The van der Waals surface area contributed by atoms with Gasteiger partial charge in [0, 0.05) is 17.0 Å². The van der Waals surface area contributed by atoms with Crippen LogP contribution in [0.5, 0.6) is 5.75 Å². The summed E-state index contributed by atoms with van der Waals surface area (Å²) in [5.41, 5.74) is 2.91. The van der Waals surface area contributed by atoms with Crippen molar-refractivity contribution in [3.63, 3.8) is 0 Å². The maximum atomic E-state index is 11.3. The van der Waals surface area contributed by atoms with Gasteiger partial charge in [-0.25, -0.2) is 0 Å². The van der Waals surface area contributed by atoms with E-state index >= 15 is 0 Å². The number of benzene rings is 2. The molecule has 128 valence electrons. The monoisotopic (exact) mass is 356 g/mol. The van der Waals surface area contributed by atoms with Gasteiger partial charge in [-0.15, -0.1) is 0 Å². The second kappa shape index (κ2) is 6.08. The van der Waals surface area contributed by atoms with Crippen LogP contribution in [-0.4, -0.2) is 12.0 Å². The fraction of sp³-hybridized carbons (Fsp3) is 0.263. The van der Waals surface area contributed by atoms with Gasteiger partial charge in [-0.2, -0.15) is 0 Å². The van der Waals surface area contributed by atoms with E-state index in [9.17, 15) is 10.1 Å². The van der Waals surface area contributed by atoms with E-state index in [0.29, 0.717) is 10.8 Å². The maximum absolute atomic E-state index is 11.3. The topological polar surface area (TPSA) is 64.4 Å². The number of methoxy groups -OCH3 is 1. The van der Waals surface area contributed by atoms with Crippen molar-refractivity contribution < 1.29 is 9.66 Å². The lowest BCUT2D eigenvalue weighted by Gasteiger charge is -2.38. The predicted molar refractivity (Wildman–Crippen MR) is 97.5 cm³/mol. The molecule has 1 N–H and O–H groups in total. The van der Waals surface area contributed by atoms with Gasteiger partial charge >= 0.3 is 0 Å². The van der Waals surface area contributed by atoms with Crippen LogP contribution in [0.25, 0.3) is 0 Å². The van der Waals surface area contributed by atoms with Crippen LogP contribution >= 0.6 is 11.6 Å². The summed E-state index contributed by atoms with van der Waals surface area (Å²) in [6, 6.07) is 11.0. The third-order valence-corrected chi connectivity index (χ3v) is 5.29. The molecule has 3 atom stereocenters. The van der Waals surface area contributed by atoms with Crippen LogP contribution in [0.3, 0.4) is 0 Å². The second-order valence-corrected chi connectivity index (χ2v) is 6.84. The van der Waals surface area contributed by atoms with Crippen molar-refractivity contribution in [1.29, 1.82) is 0 Å². The summed E-state index contributed by atoms with van der Waals surface area (Å²) >= 11 is 6.18. The molecule has 4 rings (SSSR count). The Bertz CT molecular complexity index is 881. The molecule has 25 heavy (non-hydrogen) atoms. The Kier molecular flexibility index (Phi) is 3.88.